The average molecular weight is 324 g/mol. The average Bonchev–Trinajstić information content (AvgIpc) is 2.47. The van der Waals surface area contributed by atoms with E-state index >= 15 is 0 Å². The predicted octanol–water partition coefficient (Wildman–Crippen LogP) is 3.34. The molecule has 0 radical (unpaired) electrons. The molecule has 1 aromatic rings. The molecule has 1 N–H and O–H groups in total. The number of amides is 1. The molecule has 2 rings (SSSR count). The van der Waals surface area contributed by atoms with Crippen molar-refractivity contribution in [2.24, 2.45) is 0 Å². The first kappa shape index (κ1) is 17.2. The number of rotatable bonds is 5. The molecule has 0 aromatic heterocycles. The third-order valence-electron chi connectivity index (χ3n) is 3.95. The van der Waals surface area contributed by atoms with E-state index < -0.39 is 10.7 Å². The number of benzene rings is 1. The molecule has 23 heavy (non-hydrogen) atoms. The minimum absolute atomic E-state index is 0.119. The summed E-state index contributed by atoms with van der Waals surface area (Å²) in [4.78, 5) is 22.2. The van der Waals surface area contributed by atoms with E-state index in [4.69, 9.17) is 4.74 Å². The lowest BCUT2D eigenvalue weighted by molar-refractivity contribution is -0.385. The van der Waals surface area contributed by atoms with Gasteiger partial charge in [-0.1, -0.05) is 32.1 Å². The summed E-state index contributed by atoms with van der Waals surface area (Å²) in [6.45, 7) is -0.360. The number of hydrogen-bond donors (Lipinski definition) is 1. The van der Waals surface area contributed by atoms with Gasteiger partial charge in [0.15, 0.2) is 6.61 Å². The van der Waals surface area contributed by atoms with Gasteiger partial charge in [-0.2, -0.15) is 0 Å². The Balaban J connectivity index is 1.88. The van der Waals surface area contributed by atoms with Crippen molar-refractivity contribution >= 4 is 11.6 Å². The van der Waals surface area contributed by atoms with Crippen LogP contribution in [0, 0.1) is 15.9 Å². The highest BCUT2D eigenvalue weighted by molar-refractivity contribution is 5.78. The molecule has 0 unspecified atom stereocenters. The van der Waals surface area contributed by atoms with Gasteiger partial charge in [0.1, 0.15) is 5.82 Å². The molecule has 6 nitrogen and oxygen atoms in total. The fourth-order valence-electron chi connectivity index (χ4n) is 2.77. The molecule has 1 aromatic carbocycles. The van der Waals surface area contributed by atoms with Gasteiger partial charge >= 0.3 is 5.69 Å². The van der Waals surface area contributed by atoms with E-state index in [1.165, 1.54) is 19.3 Å². The lowest BCUT2D eigenvalue weighted by Gasteiger charge is -2.21. The molecule has 7 heteroatoms. The molecule has 0 saturated heterocycles. The van der Waals surface area contributed by atoms with Crippen molar-refractivity contribution in [2.45, 2.75) is 51.0 Å². The fourth-order valence-corrected chi connectivity index (χ4v) is 2.77. The molecular weight excluding hydrogens is 303 g/mol. The minimum atomic E-state index is -0.665. The summed E-state index contributed by atoms with van der Waals surface area (Å²) in [6, 6.07) is 3.05. The van der Waals surface area contributed by atoms with E-state index in [1.54, 1.807) is 0 Å². The molecule has 0 heterocycles. The molecule has 0 atom stereocenters. The Bertz CT molecular complexity index is 557. The summed E-state index contributed by atoms with van der Waals surface area (Å²) in [5.41, 5.74) is -0.356. The summed E-state index contributed by atoms with van der Waals surface area (Å²) >= 11 is 0. The van der Waals surface area contributed by atoms with Crippen LogP contribution >= 0.6 is 0 Å². The Morgan fingerprint density at radius 3 is 2.57 bits per heavy atom. The smallest absolute Gasteiger partial charge is 0.311 e. The molecule has 1 amide bonds. The molecule has 1 fully saturated rings. The second kappa shape index (κ2) is 8.45. The van der Waals surface area contributed by atoms with Crippen LogP contribution in [0.5, 0.6) is 5.75 Å². The second-order valence-corrected chi connectivity index (χ2v) is 5.77. The monoisotopic (exact) mass is 324 g/mol. The molecule has 0 spiro atoms. The van der Waals surface area contributed by atoms with Crippen molar-refractivity contribution in [3.63, 3.8) is 0 Å². The maximum Gasteiger partial charge on any atom is 0.311 e. The van der Waals surface area contributed by atoms with Gasteiger partial charge in [-0.25, -0.2) is 4.39 Å². The maximum atomic E-state index is 13.2. The highest BCUT2D eigenvalue weighted by Gasteiger charge is 2.18. The van der Waals surface area contributed by atoms with Crippen molar-refractivity contribution < 1.29 is 18.8 Å². The van der Waals surface area contributed by atoms with Gasteiger partial charge in [0, 0.05) is 18.2 Å². The summed E-state index contributed by atoms with van der Waals surface area (Å²) in [7, 11) is 0. The van der Waals surface area contributed by atoms with Crippen LogP contribution in [0.4, 0.5) is 10.1 Å². The van der Waals surface area contributed by atoms with Gasteiger partial charge in [-0.15, -0.1) is 0 Å². The zero-order valence-corrected chi connectivity index (χ0v) is 12.9. The Labute approximate surface area is 134 Å². The van der Waals surface area contributed by atoms with Crippen LogP contribution < -0.4 is 10.1 Å². The van der Waals surface area contributed by atoms with E-state index in [-0.39, 0.29) is 30.0 Å². The number of nitro benzene ring substituents is 1. The number of carbonyl (C=O) groups is 1. The predicted molar refractivity (Wildman–Crippen MR) is 82.8 cm³/mol. The van der Waals surface area contributed by atoms with Gasteiger partial charge in [0.25, 0.3) is 5.91 Å². The summed E-state index contributed by atoms with van der Waals surface area (Å²) < 4.78 is 18.3. The van der Waals surface area contributed by atoms with Crippen molar-refractivity contribution in [1.29, 1.82) is 0 Å². The van der Waals surface area contributed by atoms with E-state index in [0.29, 0.717) is 0 Å². The van der Waals surface area contributed by atoms with Crippen molar-refractivity contribution in [3.8, 4) is 5.75 Å². The molecule has 1 aliphatic rings. The van der Waals surface area contributed by atoms with E-state index in [1.807, 2.05) is 0 Å². The SMILES string of the molecule is O=C(COc1cc(F)ccc1[N+](=O)[O-])NC1CCCCCCC1. The number of halogens is 1. The van der Waals surface area contributed by atoms with Crippen LogP contribution in [-0.2, 0) is 4.79 Å². The topological polar surface area (TPSA) is 81.5 Å². The van der Waals surface area contributed by atoms with E-state index in [9.17, 15) is 19.3 Å². The van der Waals surface area contributed by atoms with Crippen molar-refractivity contribution in [1.82, 2.24) is 5.32 Å². The third kappa shape index (κ3) is 5.50. The second-order valence-electron chi connectivity index (χ2n) is 5.77. The quantitative estimate of drug-likeness (QED) is 0.665. The zero-order chi connectivity index (χ0) is 16.7. The lowest BCUT2D eigenvalue weighted by atomic mass is 9.97. The fraction of sp³-hybridized carbons (Fsp3) is 0.562. The van der Waals surface area contributed by atoms with Crippen LogP contribution in [0.3, 0.4) is 0 Å². The standard InChI is InChI=1S/C16H21FN2O4/c17-12-8-9-14(19(21)22)15(10-12)23-11-16(20)18-13-6-4-2-1-3-5-7-13/h8-10,13H,1-7,11H2,(H,18,20). The third-order valence-corrected chi connectivity index (χ3v) is 3.95. The summed E-state index contributed by atoms with van der Waals surface area (Å²) in [5, 5.41) is 13.8. The van der Waals surface area contributed by atoms with Gasteiger partial charge in [0.05, 0.1) is 4.92 Å². The number of nitro groups is 1. The highest BCUT2D eigenvalue weighted by atomic mass is 19.1. The van der Waals surface area contributed by atoms with Crippen LogP contribution in [0.25, 0.3) is 0 Å². The van der Waals surface area contributed by atoms with E-state index in [2.05, 4.69) is 5.32 Å². The largest absolute Gasteiger partial charge is 0.477 e. The number of hydrogen-bond acceptors (Lipinski definition) is 4. The molecule has 0 bridgehead atoms. The molecule has 1 saturated carbocycles. The maximum absolute atomic E-state index is 13.2. The first-order valence-corrected chi connectivity index (χ1v) is 7.92. The summed E-state index contributed by atoms with van der Waals surface area (Å²) in [6.07, 6.45) is 7.64. The first-order chi connectivity index (χ1) is 11.1. The highest BCUT2D eigenvalue weighted by Crippen LogP contribution is 2.27. The van der Waals surface area contributed by atoms with Gasteiger partial charge in [0.2, 0.25) is 5.75 Å². The number of nitrogens with zero attached hydrogens (tertiary/aromatic N) is 1. The Morgan fingerprint density at radius 2 is 1.91 bits per heavy atom. The molecular formula is C16H21FN2O4. The van der Waals surface area contributed by atoms with Gasteiger partial charge in [-0.3, -0.25) is 14.9 Å². The Kier molecular flexibility index (Phi) is 6.31. The number of ether oxygens (including phenoxy) is 1. The molecule has 0 aliphatic heterocycles. The van der Waals surface area contributed by atoms with Crippen LogP contribution in [0.15, 0.2) is 18.2 Å². The first-order valence-electron chi connectivity index (χ1n) is 7.92. The minimum Gasteiger partial charge on any atom is -0.477 e. The number of carbonyl (C=O) groups excluding carboxylic acids is 1. The van der Waals surface area contributed by atoms with Crippen LogP contribution in [0.1, 0.15) is 44.9 Å². The number of nitrogens with one attached hydrogen (secondary N) is 1. The van der Waals surface area contributed by atoms with Gasteiger partial charge < -0.3 is 10.1 Å². The van der Waals surface area contributed by atoms with Crippen LogP contribution in [0.2, 0.25) is 0 Å². The van der Waals surface area contributed by atoms with Gasteiger partial charge in [-0.05, 0) is 18.9 Å². The Morgan fingerprint density at radius 1 is 1.26 bits per heavy atom. The molecule has 1 aliphatic carbocycles. The van der Waals surface area contributed by atoms with Crippen molar-refractivity contribution in [2.75, 3.05) is 6.61 Å². The Hall–Kier alpha value is -2.18. The molecule has 126 valence electrons. The zero-order valence-electron chi connectivity index (χ0n) is 12.9. The normalized spacial score (nSPS) is 16.2. The van der Waals surface area contributed by atoms with Crippen molar-refractivity contribution in [3.05, 3.63) is 34.1 Å². The van der Waals surface area contributed by atoms with E-state index in [0.717, 1.165) is 43.9 Å². The van der Waals surface area contributed by atoms with Crippen LogP contribution in [-0.4, -0.2) is 23.5 Å². The lowest BCUT2D eigenvalue weighted by Crippen LogP contribution is -2.38. The summed E-state index contributed by atoms with van der Waals surface area (Å²) in [5.74, 6) is -1.22.